The van der Waals surface area contributed by atoms with Crippen molar-refractivity contribution in [1.29, 1.82) is 0 Å². The van der Waals surface area contributed by atoms with Gasteiger partial charge in [-0.2, -0.15) is 12.6 Å². The first-order valence-corrected chi connectivity index (χ1v) is 5.80. The third-order valence-electron chi connectivity index (χ3n) is 2.73. The minimum Gasteiger partial charge on any atom is -0.298 e. The van der Waals surface area contributed by atoms with E-state index in [1.165, 1.54) is 24.9 Å². The number of rotatable bonds is 2. The van der Waals surface area contributed by atoms with Crippen molar-refractivity contribution >= 4 is 29.6 Å². The van der Waals surface area contributed by atoms with Crippen LogP contribution in [-0.4, -0.2) is 23.2 Å². The van der Waals surface area contributed by atoms with Crippen LogP contribution >= 0.6 is 29.6 Å². The van der Waals surface area contributed by atoms with Crippen LogP contribution in [0.2, 0.25) is 0 Å². The summed E-state index contributed by atoms with van der Waals surface area (Å²) in [6.45, 7) is 3.45. The molecule has 1 aliphatic heterocycles. The summed E-state index contributed by atoms with van der Waals surface area (Å²) in [6.07, 6.45) is 2.56. The molecule has 15 heavy (non-hydrogen) atoms. The second kappa shape index (κ2) is 6.56. The van der Waals surface area contributed by atoms with E-state index in [0.717, 1.165) is 13.1 Å². The molecule has 0 aliphatic carbocycles. The lowest BCUT2D eigenvalue weighted by molar-refractivity contribution is 0.226. The third kappa shape index (κ3) is 4.17. The first kappa shape index (κ1) is 13.1. The maximum Gasteiger partial charge on any atom is 0.0234 e. The number of piperidine rings is 1. The molecular formula is C12H18BrNS. The minimum absolute atomic E-state index is 0. The summed E-state index contributed by atoms with van der Waals surface area (Å²) in [6, 6.07) is 10.7. The lowest BCUT2D eigenvalue weighted by atomic mass is 10.1. The first-order chi connectivity index (χ1) is 6.84. The van der Waals surface area contributed by atoms with Gasteiger partial charge in [0.05, 0.1) is 0 Å². The Morgan fingerprint density at radius 2 is 2.00 bits per heavy atom. The molecule has 1 atom stereocenters. The van der Waals surface area contributed by atoms with E-state index in [-0.39, 0.29) is 17.0 Å². The maximum atomic E-state index is 4.55. The van der Waals surface area contributed by atoms with Crippen molar-refractivity contribution in [2.45, 2.75) is 24.6 Å². The Labute approximate surface area is 108 Å². The molecule has 1 saturated heterocycles. The average molecular weight is 288 g/mol. The fraction of sp³-hybridized carbons (Fsp3) is 0.500. The molecule has 0 N–H and O–H groups in total. The topological polar surface area (TPSA) is 3.24 Å². The molecule has 0 aromatic heterocycles. The molecule has 1 unspecified atom stereocenters. The Morgan fingerprint density at radius 1 is 1.27 bits per heavy atom. The summed E-state index contributed by atoms with van der Waals surface area (Å²) >= 11 is 4.55. The zero-order valence-electron chi connectivity index (χ0n) is 8.80. The maximum absolute atomic E-state index is 4.55. The van der Waals surface area contributed by atoms with Gasteiger partial charge in [-0.05, 0) is 24.9 Å². The van der Waals surface area contributed by atoms with Gasteiger partial charge in [0.2, 0.25) is 0 Å². The second-order valence-corrected chi connectivity index (χ2v) is 4.75. The van der Waals surface area contributed by atoms with E-state index in [0.29, 0.717) is 5.25 Å². The van der Waals surface area contributed by atoms with Gasteiger partial charge in [-0.15, -0.1) is 17.0 Å². The molecule has 2 rings (SSSR count). The highest BCUT2D eigenvalue weighted by Gasteiger charge is 2.16. The van der Waals surface area contributed by atoms with Crippen molar-refractivity contribution in [3.63, 3.8) is 0 Å². The molecule has 0 saturated carbocycles. The Hall–Kier alpha value is 0.01000. The molecule has 1 nitrogen and oxygen atoms in total. The molecule has 1 aromatic carbocycles. The second-order valence-electron chi connectivity index (χ2n) is 4.02. The highest BCUT2D eigenvalue weighted by Crippen LogP contribution is 2.16. The van der Waals surface area contributed by atoms with Gasteiger partial charge in [-0.25, -0.2) is 0 Å². The number of halogens is 1. The number of hydrogen-bond acceptors (Lipinski definition) is 2. The van der Waals surface area contributed by atoms with Crippen LogP contribution in [-0.2, 0) is 6.54 Å². The van der Waals surface area contributed by atoms with Crippen LogP contribution in [0.3, 0.4) is 0 Å². The Morgan fingerprint density at radius 3 is 2.67 bits per heavy atom. The summed E-state index contributed by atoms with van der Waals surface area (Å²) in [5, 5.41) is 0.576. The van der Waals surface area contributed by atoms with Crippen LogP contribution in [0, 0.1) is 0 Å². The van der Waals surface area contributed by atoms with Gasteiger partial charge in [0.1, 0.15) is 0 Å². The Bertz CT molecular complexity index is 278. The highest BCUT2D eigenvalue weighted by molar-refractivity contribution is 8.93. The normalized spacial score (nSPS) is 22.1. The third-order valence-corrected chi connectivity index (χ3v) is 3.15. The molecule has 1 aliphatic rings. The van der Waals surface area contributed by atoms with Crippen molar-refractivity contribution in [2.24, 2.45) is 0 Å². The molecule has 0 radical (unpaired) electrons. The predicted octanol–water partition coefficient (Wildman–Crippen LogP) is 3.16. The Balaban J connectivity index is 0.00000112. The molecule has 1 aromatic rings. The van der Waals surface area contributed by atoms with Crippen molar-refractivity contribution in [3.8, 4) is 0 Å². The van der Waals surface area contributed by atoms with Crippen LogP contribution in [0.25, 0.3) is 0 Å². The van der Waals surface area contributed by atoms with E-state index in [1.54, 1.807) is 0 Å². The largest absolute Gasteiger partial charge is 0.298 e. The van der Waals surface area contributed by atoms with E-state index in [9.17, 15) is 0 Å². The van der Waals surface area contributed by atoms with Crippen LogP contribution in [0.1, 0.15) is 18.4 Å². The number of hydrogen-bond donors (Lipinski definition) is 1. The highest BCUT2D eigenvalue weighted by atomic mass is 79.9. The van der Waals surface area contributed by atoms with Crippen LogP contribution in [0.5, 0.6) is 0 Å². The van der Waals surface area contributed by atoms with E-state index in [1.807, 2.05) is 0 Å². The first-order valence-electron chi connectivity index (χ1n) is 5.29. The van der Waals surface area contributed by atoms with Gasteiger partial charge >= 0.3 is 0 Å². The Kier molecular flexibility index (Phi) is 5.72. The van der Waals surface area contributed by atoms with Crippen LogP contribution in [0.4, 0.5) is 0 Å². The van der Waals surface area contributed by atoms with Crippen molar-refractivity contribution in [2.75, 3.05) is 13.1 Å². The summed E-state index contributed by atoms with van der Waals surface area (Å²) in [4.78, 5) is 2.50. The monoisotopic (exact) mass is 287 g/mol. The fourth-order valence-corrected chi connectivity index (χ4v) is 2.43. The van der Waals surface area contributed by atoms with Gasteiger partial charge in [-0.3, -0.25) is 4.90 Å². The van der Waals surface area contributed by atoms with Gasteiger partial charge in [0, 0.05) is 18.3 Å². The lowest BCUT2D eigenvalue weighted by Crippen LogP contribution is -2.35. The molecule has 1 fully saturated rings. The smallest absolute Gasteiger partial charge is 0.0234 e. The van der Waals surface area contributed by atoms with Crippen LogP contribution in [0.15, 0.2) is 30.3 Å². The summed E-state index contributed by atoms with van der Waals surface area (Å²) in [5.74, 6) is 0. The average Bonchev–Trinajstić information content (AvgIpc) is 2.19. The summed E-state index contributed by atoms with van der Waals surface area (Å²) in [5.41, 5.74) is 1.41. The summed E-state index contributed by atoms with van der Waals surface area (Å²) in [7, 11) is 0. The van der Waals surface area contributed by atoms with E-state index >= 15 is 0 Å². The molecular weight excluding hydrogens is 270 g/mol. The van der Waals surface area contributed by atoms with Crippen LogP contribution < -0.4 is 0 Å². The zero-order chi connectivity index (χ0) is 9.80. The molecule has 84 valence electrons. The van der Waals surface area contributed by atoms with E-state index in [4.69, 9.17) is 0 Å². The number of benzene rings is 1. The van der Waals surface area contributed by atoms with Gasteiger partial charge in [-0.1, -0.05) is 30.3 Å². The number of nitrogens with zero attached hydrogens (tertiary/aromatic N) is 1. The number of thiol groups is 1. The molecule has 0 spiro atoms. The fourth-order valence-electron chi connectivity index (χ4n) is 2.02. The standard InChI is InChI=1S/C12H17NS.BrH/c14-12-7-4-8-13(10-12)9-11-5-2-1-3-6-11;/h1-3,5-6,12,14H,4,7-10H2;1H. The molecule has 3 heteroatoms. The van der Waals surface area contributed by atoms with E-state index < -0.39 is 0 Å². The van der Waals surface area contributed by atoms with Gasteiger partial charge in [0.25, 0.3) is 0 Å². The zero-order valence-corrected chi connectivity index (χ0v) is 11.4. The van der Waals surface area contributed by atoms with Crippen molar-refractivity contribution in [3.05, 3.63) is 35.9 Å². The van der Waals surface area contributed by atoms with Crippen molar-refractivity contribution < 1.29 is 0 Å². The predicted molar refractivity (Wildman–Crippen MR) is 74.0 cm³/mol. The molecule has 0 amide bonds. The summed E-state index contributed by atoms with van der Waals surface area (Å²) < 4.78 is 0. The SMILES string of the molecule is Br.SC1CCCN(Cc2ccccc2)C1. The molecule has 1 heterocycles. The lowest BCUT2D eigenvalue weighted by Gasteiger charge is -2.30. The molecule has 0 bridgehead atoms. The van der Waals surface area contributed by atoms with Gasteiger partial charge < -0.3 is 0 Å². The minimum atomic E-state index is 0. The number of likely N-dealkylation sites (tertiary alicyclic amines) is 1. The van der Waals surface area contributed by atoms with Crippen molar-refractivity contribution in [1.82, 2.24) is 4.90 Å². The quantitative estimate of drug-likeness (QED) is 0.818. The van der Waals surface area contributed by atoms with E-state index in [2.05, 4.69) is 47.9 Å². The van der Waals surface area contributed by atoms with Gasteiger partial charge in [0.15, 0.2) is 0 Å².